The summed E-state index contributed by atoms with van der Waals surface area (Å²) >= 11 is 0. The third-order valence-corrected chi connectivity index (χ3v) is 4.12. The molecule has 82 valence electrons. The minimum absolute atomic E-state index is 0.571. The van der Waals surface area contributed by atoms with Crippen molar-refractivity contribution in [3.05, 3.63) is 0 Å². The van der Waals surface area contributed by atoms with Crippen LogP contribution in [0.2, 0.25) is 0 Å². The van der Waals surface area contributed by atoms with E-state index in [2.05, 4.69) is 39.5 Å². The summed E-state index contributed by atoms with van der Waals surface area (Å²) in [5, 5.41) is 0. The first-order valence-corrected chi connectivity index (χ1v) is 6.07. The van der Waals surface area contributed by atoms with Crippen molar-refractivity contribution in [3.8, 4) is 0 Å². The molecule has 2 fully saturated rings. The van der Waals surface area contributed by atoms with E-state index in [0.717, 1.165) is 12.1 Å². The summed E-state index contributed by atoms with van der Waals surface area (Å²) in [4.78, 5) is 2.73. The monoisotopic (exact) mass is 195 g/mol. The van der Waals surface area contributed by atoms with Crippen molar-refractivity contribution in [3.63, 3.8) is 0 Å². The minimum atomic E-state index is 0.571. The largest absolute Gasteiger partial charge is 0.297 e. The molecule has 1 nitrogen and oxygen atoms in total. The fourth-order valence-corrected chi connectivity index (χ4v) is 4.11. The van der Waals surface area contributed by atoms with Crippen molar-refractivity contribution < 1.29 is 0 Å². The predicted octanol–water partition coefficient (Wildman–Crippen LogP) is 3.30. The van der Waals surface area contributed by atoms with Crippen LogP contribution >= 0.6 is 0 Å². The summed E-state index contributed by atoms with van der Waals surface area (Å²) in [5.74, 6) is 0. The second-order valence-corrected chi connectivity index (χ2v) is 6.98. The van der Waals surface area contributed by atoms with Crippen molar-refractivity contribution in [1.82, 2.24) is 4.90 Å². The quantitative estimate of drug-likeness (QED) is 0.620. The van der Waals surface area contributed by atoms with E-state index in [1.54, 1.807) is 0 Å². The Labute approximate surface area is 88.9 Å². The van der Waals surface area contributed by atoms with Crippen LogP contribution in [-0.4, -0.2) is 23.5 Å². The van der Waals surface area contributed by atoms with Crippen molar-refractivity contribution >= 4 is 0 Å². The Balaban J connectivity index is 2.19. The normalized spacial score (nSPS) is 42.0. The number of hydrogen-bond donors (Lipinski definition) is 0. The van der Waals surface area contributed by atoms with Crippen LogP contribution in [0.3, 0.4) is 0 Å². The lowest BCUT2D eigenvalue weighted by Crippen LogP contribution is -2.37. The topological polar surface area (TPSA) is 3.24 Å². The summed E-state index contributed by atoms with van der Waals surface area (Å²) in [6.45, 7) is 13.4. The van der Waals surface area contributed by atoms with Gasteiger partial charge in [0.2, 0.25) is 0 Å². The Morgan fingerprint density at radius 2 is 1.79 bits per heavy atom. The molecule has 0 aromatic heterocycles. The first-order chi connectivity index (χ1) is 6.31. The van der Waals surface area contributed by atoms with Crippen LogP contribution < -0.4 is 0 Å². The average Bonchev–Trinajstić information content (AvgIpc) is 2.19. The molecule has 1 heteroatoms. The standard InChI is InChI=1S/C13H25N/c1-10(2)14-9-13(5)7-11(14)6-12(3,4)8-13/h10-11H,6-9H2,1-5H3/t11-,13-/m0/s1. The van der Waals surface area contributed by atoms with Crippen LogP contribution in [0.15, 0.2) is 0 Å². The van der Waals surface area contributed by atoms with Gasteiger partial charge in [-0.1, -0.05) is 20.8 Å². The lowest BCUT2D eigenvalue weighted by molar-refractivity contribution is 0.122. The van der Waals surface area contributed by atoms with E-state index in [4.69, 9.17) is 0 Å². The first-order valence-electron chi connectivity index (χ1n) is 6.07. The zero-order chi connectivity index (χ0) is 10.6. The van der Waals surface area contributed by atoms with E-state index < -0.39 is 0 Å². The highest BCUT2D eigenvalue weighted by atomic mass is 15.2. The summed E-state index contributed by atoms with van der Waals surface area (Å²) in [7, 11) is 0. The third kappa shape index (κ3) is 1.71. The number of likely N-dealkylation sites (tertiary alicyclic amines) is 1. The van der Waals surface area contributed by atoms with Gasteiger partial charge in [0.05, 0.1) is 0 Å². The number of fused-ring (bicyclic) bond motifs is 2. The molecular formula is C13H25N. The lowest BCUT2D eigenvalue weighted by Gasteiger charge is -2.40. The van der Waals surface area contributed by atoms with Gasteiger partial charge in [0, 0.05) is 18.6 Å². The maximum atomic E-state index is 2.73. The Kier molecular flexibility index (Phi) is 2.23. The molecule has 2 rings (SSSR count). The minimum Gasteiger partial charge on any atom is -0.297 e. The third-order valence-electron chi connectivity index (χ3n) is 4.12. The van der Waals surface area contributed by atoms with Crippen LogP contribution in [0.4, 0.5) is 0 Å². The SMILES string of the molecule is CC(C)N1C[C@@]2(C)C[C@@H]1CC(C)(C)C2. The van der Waals surface area contributed by atoms with Gasteiger partial charge in [0.1, 0.15) is 0 Å². The summed E-state index contributed by atoms with van der Waals surface area (Å²) in [5.41, 5.74) is 1.18. The zero-order valence-corrected chi connectivity index (χ0v) is 10.4. The molecule has 2 atom stereocenters. The first kappa shape index (κ1) is 10.5. The molecule has 1 heterocycles. The summed E-state index contributed by atoms with van der Waals surface area (Å²) in [6, 6.07) is 1.60. The van der Waals surface area contributed by atoms with Gasteiger partial charge in [-0.05, 0) is 43.9 Å². The Morgan fingerprint density at radius 1 is 1.14 bits per heavy atom. The molecule has 0 amide bonds. The van der Waals surface area contributed by atoms with E-state index in [1.807, 2.05) is 0 Å². The molecule has 1 saturated carbocycles. The van der Waals surface area contributed by atoms with Gasteiger partial charge in [0.25, 0.3) is 0 Å². The molecule has 0 N–H and O–H groups in total. The van der Waals surface area contributed by atoms with E-state index in [1.165, 1.54) is 25.8 Å². The molecule has 0 spiro atoms. The number of rotatable bonds is 1. The molecule has 2 aliphatic rings. The summed E-state index contributed by atoms with van der Waals surface area (Å²) in [6.07, 6.45) is 4.26. The molecule has 0 aromatic carbocycles. The van der Waals surface area contributed by atoms with E-state index in [0.29, 0.717) is 10.8 Å². The zero-order valence-electron chi connectivity index (χ0n) is 10.4. The molecular weight excluding hydrogens is 170 g/mol. The van der Waals surface area contributed by atoms with Crippen LogP contribution in [0.1, 0.15) is 53.9 Å². The highest BCUT2D eigenvalue weighted by Crippen LogP contribution is 2.52. The number of hydrogen-bond acceptors (Lipinski definition) is 1. The highest BCUT2D eigenvalue weighted by Gasteiger charge is 2.49. The second-order valence-electron chi connectivity index (χ2n) is 6.98. The molecule has 0 radical (unpaired) electrons. The molecule has 1 aliphatic heterocycles. The molecule has 14 heavy (non-hydrogen) atoms. The predicted molar refractivity (Wildman–Crippen MR) is 61.4 cm³/mol. The van der Waals surface area contributed by atoms with Gasteiger partial charge in [-0.15, -0.1) is 0 Å². The highest BCUT2D eigenvalue weighted by molar-refractivity contribution is 5.03. The van der Waals surface area contributed by atoms with Crippen LogP contribution in [0.25, 0.3) is 0 Å². The van der Waals surface area contributed by atoms with Gasteiger partial charge in [-0.25, -0.2) is 0 Å². The van der Waals surface area contributed by atoms with E-state index >= 15 is 0 Å². The maximum Gasteiger partial charge on any atom is 0.0109 e. The summed E-state index contributed by atoms with van der Waals surface area (Å²) < 4.78 is 0. The van der Waals surface area contributed by atoms with Crippen molar-refractivity contribution in [2.75, 3.05) is 6.54 Å². The van der Waals surface area contributed by atoms with Gasteiger partial charge in [-0.3, -0.25) is 4.90 Å². The van der Waals surface area contributed by atoms with Crippen LogP contribution in [-0.2, 0) is 0 Å². The number of nitrogens with zero attached hydrogens (tertiary/aromatic N) is 1. The van der Waals surface area contributed by atoms with E-state index in [-0.39, 0.29) is 0 Å². The molecule has 1 saturated heterocycles. The van der Waals surface area contributed by atoms with Crippen molar-refractivity contribution in [2.45, 2.75) is 66.0 Å². The van der Waals surface area contributed by atoms with E-state index in [9.17, 15) is 0 Å². The Bertz CT molecular complexity index is 231. The molecule has 1 aliphatic carbocycles. The van der Waals surface area contributed by atoms with Gasteiger partial charge >= 0.3 is 0 Å². The van der Waals surface area contributed by atoms with Gasteiger partial charge in [0.15, 0.2) is 0 Å². The molecule has 0 aromatic rings. The van der Waals surface area contributed by atoms with Crippen molar-refractivity contribution in [2.24, 2.45) is 10.8 Å². The lowest BCUT2D eigenvalue weighted by atomic mass is 9.65. The van der Waals surface area contributed by atoms with Crippen LogP contribution in [0, 0.1) is 10.8 Å². The Hall–Kier alpha value is -0.0400. The fraction of sp³-hybridized carbons (Fsp3) is 1.00. The van der Waals surface area contributed by atoms with Crippen molar-refractivity contribution in [1.29, 1.82) is 0 Å². The average molecular weight is 195 g/mol. The fourth-order valence-electron chi connectivity index (χ4n) is 4.11. The van der Waals surface area contributed by atoms with Gasteiger partial charge in [-0.2, -0.15) is 0 Å². The van der Waals surface area contributed by atoms with Crippen LogP contribution in [0.5, 0.6) is 0 Å². The second kappa shape index (κ2) is 2.98. The molecule has 2 bridgehead atoms. The van der Waals surface area contributed by atoms with Gasteiger partial charge < -0.3 is 0 Å². The molecule has 0 unspecified atom stereocenters. The Morgan fingerprint density at radius 3 is 2.36 bits per heavy atom. The smallest absolute Gasteiger partial charge is 0.0109 e. The maximum absolute atomic E-state index is 2.73.